The van der Waals surface area contributed by atoms with E-state index in [1.54, 1.807) is 12.1 Å². The Kier molecular flexibility index (Phi) is 3.84. The minimum absolute atomic E-state index is 0.0741. The number of pyridine rings is 1. The monoisotopic (exact) mass is 351 g/mol. The van der Waals surface area contributed by atoms with Crippen molar-refractivity contribution in [2.75, 3.05) is 7.11 Å². The molecule has 7 nitrogen and oxygen atoms in total. The average molecular weight is 351 g/mol. The van der Waals surface area contributed by atoms with E-state index >= 15 is 0 Å². The number of aromatic hydroxyl groups is 1. The van der Waals surface area contributed by atoms with Gasteiger partial charge in [-0.05, 0) is 29.8 Å². The van der Waals surface area contributed by atoms with Gasteiger partial charge in [-0.25, -0.2) is 9.78 Å². The standard InChI is InChI=1S/C19H17N3O4/c1-26-19(25)13-8-11(5-6-15(13)23)12-9-17(24)20-10-14-18(12)22-7-3-2-4-16(22)21-14/h2-8,12,23H,9-10H2,1H3,(H,20,24)/t12-/m0/s1. The van der Waals surface area contributed by atoms with E-state index in [-0.39, 0.29) is 29.6 Å². The van der Waals surface area contributed by atoms with Gasteiger partial charge < -0.3 is 19.6 Å². The number of hydrogen-bond acceptors (Lipinski definition) is 5. The number of benzene rings is 1. The van der Waals surface area contributed by atoms with E-state index in [1.807, 2.05) is 28.8 Å². The maximum Gasteiger partial charge on any atom is 0.341 e. The fourth-order valence-corrected chi connectivity index (χ4v) is 3.42. The van der Waals surface area contributed by atoms with Gasteiger partial charge in [0.15, 0.2) is 0 Å². The number of fused-ring (bicyclic) bond motifs is 3. The van der Waals surface area contributed by atoms with Gasteiger partial charge in [0.1, 0.15) is 17.0 Å². The van der Waals surface area contributed by atoms with E-state index in [1.165, 1.54) is 13.2 Å². The lowest BCUT2D eigenvalue weighted by Gasteiger charge is -2.17. The van der Waals surface area contributed by atoms with Gasteiger partial charge in [-0.3, -0.25) is 4.79 Å². The number of rotatable bonds is 2. The Bertz CT molecular complexity index is 1020. The number of imidazole rings is 1. The van der Waals surface area contributed by atoms with Gasteiger partial charge in [0, 0.05) is 18.5 Å². The minimum Gasteiger partial charge on any atom is -0.507 e. The van der Waals surface area contributed by atoms with Crippen LogP contribution in [0.5, 0.6) is 5.75 Å². The molecule has 7 heteroatoms. The molecule has 0 saturated carbocycles. The number of aromatic nitrogens is 2. The molecule has 26 heavy (non-hydrogen) atoms. The molecular weight excluding hydrogens is 334 g/mol. The van der Waals surface area contributed by atoms with E-state index in [0.29, 0.717) is 6.54 Å². The first-order valence-corrected chi connectivity index (χ1v) is 8.22. The van der Waals surface area contributed by atoms with Crippen LogP contribution >= 0.6 is 0 Å². The molecule has 4 rings (SSSR count). The van der Waals surface area contributed by atoms with Gasteiger partial charge >= 0.3 is 5.97 Å². The number of nitrogens with zero attached hydrogens (tertiary/aromatic N) is 2. The summed E-state index contributed by atoms with van der Waals surface area (Å²) in [5.41, 5.74) is 3.31. The lowest BCUT2D eigenvalue weighted by atomic mass is 9.90. The molecule has 2 N–H and O–H groups in total. The van der Waals surface area contributed by atoms with Crippen LogP contribution in [0.15, 0.2) is 42.6 Å². The van der Waals surface area contributed by atoms with Crippen molar-refractivity contribution in [3.63, 3.8) is 0 Å². The third kappa shape index (κ3) is 2.57. The smallest absolute Gasteiger partial charge is 0.341 e. The maximum absolute atomic E-state index is 12.2. The molecule has 0 radical (unpaired) electrons. The van der Waals surface area contributed by atoms with Crippen LogP contribution in [0.25, 0.3) is 5.65 Å². The molecule has 0 spiro atoms. The molecule has 3 aromatic rings. The van der Waals surface area contributed by atoms with Crippen LogP contribution in [0, 0.1) is 0 Å². The van der Waals surface area contributed by atoms with E-state index in [0.717, 1.165) is 22.6 Å². The molecule has 1 amide bonds. The van der Waals surface area contributed by atoms with Crippen molar-refractivity contribution in [1.29, 1.82) is 0 Å². The topological polar surface area (TPSA) is 92.9 Å². The number of carbonyl (C=O) groups excluding carboxylic acids is 2. The van der Waals surface area contributed by atoms with Crippen LogP contribution in [-0.2, 0) is 16.1 Å². The third-order valence-corrected chi connectivity index (χ3v) is 4.64. The van der Waals surface area contributed by atoms with Crippen molar-refractivity contribution in [2.24, 2.45) is 0 Å². The van der Waals surface area contributed by atoms with Gasteiger partial charge in [0.05, 0.1) is 25.0 Å². The molecule has 0 bridgehead atoms. The van der Waals surface area contributed by atoms with Gasteiger partial charge in [-0.1, -0.05) is 12.1 Å². The van der Waals surface area contributed by atoms with Gasteiger partial charge in [-0.15, -0.1) is 0 Å². The van der Waals surface area contributed by atoms with Crippen LogP contribution in [0.1, 0.15) is 39.6 Å². The van der Waals surface area contributed by atoms with Crippen LogP contribution < -0.4 is 5.32 Å². The molecule has 0 aliphatic carbocycles. The van der Waals surface area contributed by atoms with Crippen molar-refractivity contribution >= 4 is 17.5 Å². The maximum atomic E-state index is 12.2. The Morgan fingerprint density at radius 2 is 2.19 bits per heavy atom. The Balaban J connectivity index is 1.91. The Morgan fingerprint density at radius 3 is 3.00 bits per heavy atom. The second-order valence-corrected chi connectivity index (χ2v) is 6.17. The van der Waals surface area contributed by atoms with E-state index < -0.39 is 5.97 Å². The first-order chi connectivity index (χ1) is 12.6. The van der Waals surface area contributed by atoms with Gasteiger partial charge in [0.2, 0.25) is 5.91 Å². The molecule has 0 fully saturated rings. The summed E-state index contributed by atoms with van der Waals surface area (Å²) in [6.45, 7) is 0.355. The van der Waals surface area contributed by atoms with E-state index in [4.69, 9.17) is 4.74 Å². The zero-order valence-corrected chi connectivity index (χ0v) is 14.1. The highest BCUT2D eigenvalue weighted by atomic mass is 16.5. The zero-order valence-electron chi connectivity index (χ0n) is 14.1. The normalized spacial score (nSPS) is 16.7. The number of methoxy groups -OCH3 is 1. The third-order valence-electron chi connectivity index (χ3n) is 4.64. The first-order valence-electron chi connectivity index (χ1n) is 8.22. The summed E-state index contributed by atoms with van der Waals surface area (Å²) in [7, 11) is 1.26. The molecular formula is C19H17N3O4. The van der Waals surface area contributed by atoms with E-state index in [9.17, 15) is 14.7 Å². The van der Waals surface area contributed by atoms with Crippen LogP contribution in [0.3, 0.4) is 0 Å². The highest BCUT2D eigenvalue weighted by Crippen LogP contribution is 2.35. The quantitative estimate of drug-likeness (QED) is 0.689. The van der Waals surface area contributed by atoms with Crippen molar-refractivity contribution in [3.8, 4) is 5.75 Å². The highest BCUT2D eigenvalue weighted by Gasteiger charge is 2.29. The molecule has 2 aromatic heterocycles. The number of esters is 1. The van der Waals surface area contributed by atoms with Crippen molar-refractivity contribution in [3.05, 3.63) is 65.1 Å². The predicted octanol–water partition coefficient (Wildman–Crippen LogP) is 1.98. The summed E-state index contributed by atoms with van der Waals surface area (Å²) in [6, 6.07) is 10.5. The van der Waals surface area contributed by atoms with Crippen molar-refractivity contribution < 1.29 is 19.4 Å². The molecule has 1 aromatic carbocycles. The Labute approximate surface area is 149 Å². The zero-order chi connectivity index (χ0) is 18.3. The number of hydrogen-bond donors (Lipinski definition) is 2. The summed E-state index contributed by atoms with van der Waals surface area (Å²) >= 11 is 0. The molecule has 0 saturated heterocycles. The second-order valence-electron chi connectivity index (χ2n) is 6.17. The van der Waals surface area contributed by atoms with E-state index in [2.05, 4.69) is 10.3 Å². The lowest BCUT2D eigenvalue weighted by Crippen LogP contribution is -2.21. The van der Waals surface area contributed by atoms with Crippen molar-refractivity contribution in [2.45, 2.75) is 18.9 Å². The summed E-state index contributed by atoms with van der Waals surface area (Å²) < 4.78 is 6.70. The van der Waals surface area contributed by atoms with Crippen LogP contribution in [-0.4, -0.2) is 33.5 Å². The number of phenolic OH excluding ortho intramolecular Hbond substituents is 1. The molecule has 0 unspecified atom stereocenters. The predicted molar refractivity (Wildman–Crippen MR) is 92.9 cm³/mol. The van der Waals surface area contributed by atoms with Gasteiger partial charge in [-0.2, -0.15) is 0 Å². The van der Waals surface area contributed by atoms with Crippen LogP contribution in [0.4, 0.5) is 0 Å². The average Bonchev–Trinajstić information content (AvgIpc) is 2.94. The molecule has 1 aliphatic rings. The second kappa shape index (κ2) is 6.18. The fraction of sp³-hybridized carbons (Fsp3) is 0.211. The number of carbonyl (C=O) groups is 2. The summed E-state index contributed by atoms with van der Waals surface area (Å²) in [4.78, 5) is 28.8. The summed E-state index contributed by atoms with van der Waals surface area (Å²) in [5, 5.41) is 12.8. The SMILES string of the molecule is COC(=O)c1cc([C@@H]2CC(=O)NCc3nc4ccccn4c32)ccc1O. The lowest BCUT2D eigenvalue weighted by molar-refractivity contribution is -0.121. The number of amides is 1. The summed E-state index contributed by atoms with van der Waals surface area (Å²) in [5.74, 6) is -1.17. The number of ether oxygens (including phenoxy) is 1. The van der Waals surface area contributed by atoms with Gasteiger partial charge in [0.25, 0.3) is 0 Å². The van der Waals surface area contributed by atoms with Crippen molar-refractivity contribution in [1.82, 2.24) is 14.7 Å². The fourth-order valence-electron chi connectivity index (χ4n) is 3.42. The first kappa shape index (κ1) is 16.1. The Morgan fingerprint density at radius 1 is 1.35 bits per heavy atom. The molecule has 1 atom stereocenters. The largest absolute Gasteiger partial charge is 0.507 e. The minimum atomic E-state index is -0.624. The molecule has 1 aliphatic heterocycles. The van der Waals surface area contributed by atoms with Crippen LogP contribution in [0.2, 0.25) is 0 Å². The molecule has 3 heterocycles. The Hall–Kier alpha value is -3.35. The number of nitrogens with one attached hydrogen (secondary N) is 1. The number of phenols is 1. The highest BCUT2D eigenvalue weighted by molar-refractivity contribution is 5.92. The summed E-state index contributed by atoms with van der Waals surface area (Å²) in [6.07, 6.45) is 2.13. The molecule has 132 valence electrons.